The average molecular weight is 496 g/mol. The van der Waals surface area contributed by atoms with Gasteiger partial charge in [-0.15, -0.1) is 11.3 Å². The Morgan fingerprint density at radius 3 is 2.17 bits per heavy atom. The van der Waals surface area contributed by atoms with Crippen molar-refractivity contribution in [2.24, 2.45) is 0 Å². The Hall–Kier alpha value is -4.05. The molecule has 2 aromatic carbocycles. The molecule has 4 amide bonds. The monoisotopic (exact) mass is 495 g/mol. The van der Waals surface area contributed by atoms with E-state index < -0.39 is 23.9 Å². The van der Waals surface area contributed by atoms with Crippen LogP contribution < -0.4 is 24.4 Å². The zero-order valence-corrected chi connectivity index (χ0v) is 20.3. The van der Waals surface area contributed by atoms with Crippen LogP contribution in [0.5, 0.6) is 17.2 Å². The number of methoxy groups -OCH3 is 3. The Kier molecular flexibility index (Phi) is 7.21. The lowest BCUT2D eigenvalue weighted by Gasteiger charge is -2.21. The third kappa shape index (κ3) is 5.22. The number of nitrogens with zero attached hydrogens (tertiary/aromatic N) is 2. The van der Waals surface area contributed by atoms with Gasteiger partial charge in [-0.05, 0) is 35.7 Å². The SMILES string of the molecule is COc1ccc(N2C(=O)C(CC(=O)Nc3cc(OC)cc(OC)c3)N(Cc3cccs3)C2=O)cc1. The second-order valence-corrected chi connectivity index (χ2v) is 8.76. The molecule has 0 spiro atoms. The second kappa shape index (κ2) is 10.5. The summed E-state index contributed by atoms with van der Waals surface area (Å²) < 4.78 is 15.7. The quantitative estimate of drug-likeness (QED) is 0.448. The minimum atomic E-state index is -0.959. The minimum absolute atomic E-state index is 0.206. The Morgan fingerprint density at radius 2 is 1.60 bits per heavy atom. The summed E-state index contributed by atoms with van der Waals surface area (Å²) >= 11 is 1.48. The summed E-state index contributed by atoms with van der Waals surface area (Å²) in [5, 5.41) is 4.68. The van der Waals surface area contributed by atoms with E-state index in [0.717, 1.165) is 9.78 Å². The molecule has 0 radical (unpaired) electrons. The van der Waals surface area contributed by atoms with Crippen molar-refractivity contribution in [2.45, 2.75) is 19.0 Å². The number of imide groups is 1. The van der Waals surface area contributed by atoms with E-state index in [2.05, 4.69) is 5.32 Å². The highest BCUT2D eigenvalue weighted by molar-refractivity contribution is 7.09. The standard InChI is InChI=1S/C25H25N3O6S/c1-32-18-8-6-17(7-9-18)28-24(30)22(27(25(28)31)15-21-5-4-10-35-21)14-23(29)26-16-11-19(33-2)13-20(12-16)34-3/h4-13,22H,14-15H2,1-3H3,(H,26,29). The van der Waals surface area contributed by atoms with E-state index in [9.17, 15) is 14.4 Å². The number of ether oxygens (including phenoxy) is 3. The lowest BCUT2D eigenvalue weighted by atomic mass is 10.1. The van der Waals surface area contributed by atoms with Crippen LogP contribution in [0.25, 0.3) is 0 Å². The molecule has 1 unspecified atom stereocenters. The van der Waals surface area contributed by atoms with Crippen LogP contribution in [0.15, 0.2) is 60.0 Å². The highest BCUT2D eigenvalue weighted by atomic mass is 32.1. The number of carbonyl (C=O) groups is 3. The van der Waals surface area contributed by atoms with E-state index in [1.165, 1.54) is 37.6 Å². The van der Waals surface area contributed by atoms with E-state index in [0.29, 0.717) is 28.6 Å². The third-order valence-electron chi connectivity index (χ3n) is 5.57. The van der Waals surface area contributed by atoms with Gasteiger partial charge in [0.2, 0.25) is 5.91 Å². The Balaban J connectivity index is 1.58. The molecule has 1 saturated heterocycles. The maximum Gasteiger partial charge on any atom is 0.332 e. The molecular formula is C25H25N3O6S. The molecule has 0 aliphatic carbocycles. The van der Waals surface area contributed by atoms with Crippen LogP contribution in [-0.2, 0) is 16.1 Å². The van der Waals surface area contributed by atoms with Crippen molar-refractivity contribution in [3.63, 3.8) is 0 Å². The first-order chi connectivity index (χ1) is 16.9. The maximum absolute atomic E-state index is 13.4. The number of urea groups is 1. The summed E-state index contributed by atoms with van der Waals surface area (Å²) in [6, 6.07) is 13.9. The molecule has 9 nitrogen and oxygen atoms in total. The fraction of sp³-hybridized carbons (Fsp3) is 0.240. The van der Waals surface area contributed by atoms with Gasteiger partial charge < -0.3 is 24.4 Å². The van der Waals surface area contributed by atoms with E-state index in [1.807, 2.05) is 17.5 Å². The van der Waals surface area contributed by atoms with Gasteiger partial charge in [0.05, 0.1) is 40.0 Å². The lowest BCUT2D eigenvalue weighted by Crippen LogP contribution is -2.37. The Labute approximate surface area is 206 Å². The normalized spacial score (nSPS) is 15.3. The summed E-state index contributed by atoms with van der Waals surface area (Å²) in [6.45, 7) is 0.222. The van der Waals surface area contributed by atoms with Crippen molar-refractivity contribution >= 4 is 40.6 Å². The topological polar surface area (TPSA) is 97.4 Å². The highest BCUT2D eigenvalue weighted by Crippen LogP contribution is 2.31. The Morgan fingerprint density at radius 1 is 0.943 bits per heavy atom. The van der Waals surface area contributed by atoms with Crippen LogP contribution >= 0.6 is 11.3 Å². The van der Waals surface area contributed by atoms with E-state index in [1.54, 1.807) is 42.5 Å². The largest absolute Gasteiger partial charge is 0.497 e. The van der Waals surface area contributed by atoms with Gasteiger partial charge in [0.1, 0.15) is 23.3 Å². The van der Waals surface area contributed by atoms with Crippen LogP contribution in [0.3, 0.4) is 0 Å². The van der Waals surface area contributed by atoms with Crippen molar-refractivity contribution in [3.8, 4) is 17.2 Å². The molecule has 1 aliphatic heterocycles. The van der Waals surface area contributed by atoms with Gasteiger partial charge in [0.25, 0.3) is 5.91 Å². The van der Waals surface area contributed by atoms with Gasteiger partial charge in [-0.1, -0.05) is 6.07 Å². The molecule has 3 aromatic rings. The first-order valence-corrected chi connectivity index (χ1v) is 11.7. The second-order valence-electron chi connectivity index (χ2n) is 7.73. The number of hydrogen-bond donors (Lipinski definition) is 1. The molecule has 1 aliphatic rings. The van der Waals surface area contributed by atoms with Crippen LogP contribution in [0.4, 0.5) is 16.2 Å². The van der Waals surface area contributed by atoms with Crippen LogP contribution in [0.1, 0.15) is 11.3 Å². The molecule has 1 aromatic heterocycles. The van der Waals surface area contributed by atoms with Gasteiger partial charge >= 0.3 is 6.03 Å². The molecule has 2 heterocycles. The number of anilines is 2. The fourth-order valence-corrected chi connectivity index (χ4v) is 4.52. The highest BCUT2D eigenvalue weighted by Gasteiger charge is 2.46. The molecular weight excluding hydrogens is 470 g/mol. The molecule has 182 valence electrons. The van der Waals surface area contributed by atoms with Gasteiger partial charge in [0.15, 0.2) is 0 Å². The summed E-state index contributed by atoms with van der Waals surface area (Å²) in [5.41, 5.74) is 0.872. The predicted octanol–water partition coefficient (Wildman–Crippen LogP) is 4.14. The molecule has 10 heteroatoms. The molecule has 4 rings (SSSR count). The van der Waals surface area contributed by atoms with E-state index in [-0.39, 0.29) is 13.0 Å². The van der Waals surface area contributed by atoms with Crippen molar-refractivity contribution in [1.82, 2.24) is 4.90 Å². The minimum Gasteiger partial charge on any atom is -0.497 e. The summed E-state index contributed by atoms with van der Waals surface area (Å²) in [6.07, 6.45) is -0.206. The number of nitrogens with one attached hydrogen (secondary N) is 1. The van der Waals surface area contributed by atoms with Crippen LogP contribution in [0, 0.1) is 0 Å². The van der Waals surface area contributed by atoms with Crippen molar-refractivity contribution in [3.05, 3.63) is 64.9 Å². The molecule has 1 atom stereocenters. The molecule has 1 fully saturated rings. The van der Waals surface area contributed by atoms with Crippen molar-refractivity contribution in [1.29, 1.82) is 0 Å². The molecule has 35 heavy (non-hydrogen) atoms. The van der Waals surface area contributed by atoms with E-state index >= 15 is 0 Å². The number of hydrogen-bond acceptors (Lipinski definition) is 7. The predicted molar refractivity (Wildman–Crippen MR) is 132 cm³/mol. The van der Waals surface area contributed by atoms with Gasteiger partial charge in [-0.2, -0.15) is 0 Å². The van der Waals surface area contributed by atoms with Gasteiger partial charge in [-0.3, -0.25) is 9.59 Å². The molecule has 0 saturated carbocycles. The smallest absolute Gasteiger partial charge is 0.332 e. The van der Waals surface area contributed by atoms with Gasteiger partial charge in [-0.25, -0.2) is 9.69 Å². The third-order valence-corrected chi connectivity index (χ3v) is 6.43. The first kappa shape index (κ1) is 24.1. The maximum atomic E-state index is 13.4. The number of benzene rings is 2. The number of carbonyl (C=O) groups excluding carboxylic acids is 3. The van der Waals surface area contributed by atoms with Gasteiger partial charge in [0, 0.05) is 28.8 Å². The fourth-order valence-electron chi connectivity index (χ4n) is 3.82. The molecule has 1 N–H and O–H groups in total. The van der Waals surface area contributed by atoms with Crippen LogP contribution in [0.2, 0.25) is 0 Å². The van der Waals surface area contributed by atoms with Crippen molar-refractivity contribution in [2.75, 3.05) is 31.5 Å². The zero-order chi connectivity index (χ0) is 24.9. The number of rotatable bonds is 9. The summed E-state index contributed by atoms with van der Waals surface area (Å²) in [5.74, 6) is 0.746. The average Bonchev–Trinajstić information content (AvgIpc) is 3.46. The number of amides is 4. The number of thiophene rings is 1. The van der Waals surface area contributed by atoms with E-state index in [4.69, 9.17) is 14.2 Å². The summed E-state index contributed by atoms with van der Waals surface area (Å²) in [7, 11) is 4.56. The van der Waals surface area contributed by atoms with Crippen molar-refractivity contribution < 1.29 is 28.6 Å². The lowest BCUT2D eigenvalue weighted by molar-refractivity contribution is -0.124. The zero-order valence-electron chi connectivity index (χ0n) is 19.5. The summed E-state index contributed by atoms with van der Waals surface area (Å²) in [4.78, 5) is 43.2. The Bertz CT molecular complexity index is 1190. The molecule has 0 bridgehead atoms. The van der Waals surface area contributed by atoms with Crippen LogP contribution in [-0.4, -0.2) is 50.1 Å². The first-order valence-electron chi connectivity index (χ1n) is 10.8.